The molecule has 3 heterocycles. The van der Waals surface area contributed by atoms with Gasteiger partial charge in [0.05, 0.1) is 22.0 Å². The Labute approximate surface area is 226 Å². The predicted molar refractivity (Wildman–Crippen MR) is 145 cm³/mol. The van der Waals surface area contributed by atoms with Crippen molar-refractivity contribution in [2.24, 2.45) is 0 Å². The lowest BCUT2D eigenvalue weighted by Crippen LogP contribution is -2.34. The first kappa shape index (κ1) is 28.3. The fourth-order valence-corrected chi connectivity index (χ4v) is 4.79. The number of rotatable bonds is 8. The van der Waals surface area contributed by atoms with Crippen LogP contribution in [-0.4, -0.2) is 46.8 Å². The van der Waals surface area contributed by atoms with Gasteiger partial charge < -0.3 is 23.9 Å². The van der Waals surface area contributed by atoms with Crippen LogP contribution in [0.3, 0.4) is 0 Å². The highest BCUT2D eigenvalue weighted by Gasteiger charge is 2.21. The maximum atomic E-state index is 6.20. The highest BCUT2D eigenvalue weighted by Crippen LogP contribution is 2.34. The van der Waals surface area contributed by atoms with Gasteiger partial charge in [-0.2, -0.15) is 0 Å². The number of benzene rings is 2. The van der Waals surface area contributed by atoms with Crippen LogP contribution >= 0.6 is 35.6 Å². The van der Waals surface area contributed by atoms with E-state index in [4.69, 9.17) is 36.8 Å². The molecule has 2 aromatic heterocycles. The zero-order chi connectivity index (χ0) is 23.5. The summed E-state index contributed by atoms with van der Waals surface area (Å²) >= 11 is 12.3. The van der Waals surface area contributed by atoms with E-state index in [9.17, 15) is 0 Å². The molecule has 2 aromatic carbocycles. The highest BCUT2D eigenvalue weighted by molar-refractivity contribution is 6.42. The second kappa shape index (κ2) is 12.8. The van der Waals surface area contributed by atoms with Crippen molar-refractivity contribution in [1.82, 2.24) is 15.1 Å². The average Bonchev–Trinajstić information content (AvgIpc) is 3.51. The number of likely N-dealkylation sites (tertiary alicyclic amines) is 1. The summed E-state index contributed by atoms with van der Waals surface area (Å²) in [5.41, 5.74) is 2.03. The Morgan fingerprint density at radius 1 is 1.03 bits per heavy atom. The van der Waals surface area contributed by atoms with Gasteiger partial charge in [0.1, 0.15) is 11.3 Å². The van der Waals surface area contributed by atoms with Crippen LogP contribution in [0.5, 0.6) is 5.75 Å². The number of hydrogen-bond donors (Lipinski definition) is 0. The summed E-state index contributed by atoms with van der Waals surface area (Å²) in [6.07, 6.45) is 3.91. The third-order valence-corrected chi connectivity index (χ3v) is 7.12. The van der Waals surface area contributed by atoms with Crippen LogP contribution in [0.25, 0.3) is 22.6 Å². The van der Waals surface area contributed by atoms with Crippen LogP contribution in [0.15, 0.2) is 51.3 Å². The lowest BCUT2D eigenvalue weighted by molar-refractivity contribution is 0.193. The van der Waals surface area contributed by atoms with Crippen molar-refractivity contribution >= 4 is 46.6 Å². The van der Waals surface area contributed by atoms with Gasteiger partial charge in [-0.25, -0.2) is 0 Å². The van der Waals surface area contributed by atoms with Gasteiger partial charge in [-0.05, 0) is 68.1 Å². The molecule has 1 aliphatic heterocycles. The monoisotopic (exact) mass is 553 g/mol. The van der Waals surface area contributed by atoms with Gasteiger partial charge in [-0.1, -0.05) is 42.3 Å². The molecule has 0 aliphatic carbocycles. The van der Waals surface area contributed by atoms with E-state index in [1.807, 2.05) is 43.3 Å². The molecule has 194 valence electrons. The third-order valence-electron chi connectivity index (χ3n) is 6.38. The Hall–Kier alpha value is -2.29. The molecule has 0 saturated carbocycles. The number of fused-ring (bicyclic) bond motifs is 1. The molecule has 1 fully saturated rings. The maximum absolute atomic E-state index is 6.20. The van der Waals surface area contributed by atoms with E-state index in [2.05, 4.69) is 21.2 Å². The van der Waals surface area contributed by atoms with Crippen LogP contribution in [0.1, 0.15) is 43.6 Å². The number of hydrogen-bond acceptors (Lipinski definition) is 6. The van der Waals surface area contributed by atoms with E-state index in [1.54, 1.807) is 0 Å². The molecule has 0 amide bonds. The van der Waals surface area contributed by atoms with Gasteiger partial charge >= 0.3 is 0 Å². The van der Waals surface area contributed by atoms with Gasteiger partial charge in [0.25, 0.3) is 5.89 Å². The third kappa shape index (κ3) is 6.33. The van der Waals surface area contributed by atoms with E-state index in [0.717, 1.165) is 55.6 Å². The molecule has 1 saturated heterocycles. The molecule has 4 aromatic rings. The molecule has 10 heteroatoms. The van der Waals surface area contributed by atoms with Crippen LogP contribution in [0.2, 0.25) is 10.0 Å². The molecule has 36 heavy (non-hydrogen) atoms. The highest BCUT2D eigenvalue weighted by atomic mass is 35.5. The number of aromatic nitrogens is 2. The molecule has 0 atom stereocenters. The minimum Gasteiger partial charge on any atom is -0.493 e. The van der Waals surface area contributed by atoms with Crippen molar-refractivity contribution in [2.45, 2.75) is 38.5 Å². The second-order valence-corrected chi connectivity index (χ2v) is 9.44. The van der Waals surface area contributed by atoms with Crippen LogP contribution in [-0.2, 0) is 6.42 Å². The number of ether oxygens (including phenoxy) is 1. The summed E-state index contributed by atoms with van der Waals surface area (Å²) in [6.45, 7) is 5.79. The predicted octanol–water partition coefficient (Wildman–Crippen LogP) is 6.60. The number of furan rings is 1. The van der Waals surface area contributed by atoms with Crippen molar-refractivity contribution in [2.75, 3.05) is 26.2 Å². The fourth-order valence-electron chi connectivity index (χ4n) is 4.49. The van der Waals surface area contributed by atoms with E-state index in [-0.39, 0.29) is 17.9 Å². The summed E-state index contributed by atoms with van der Waals surface area (Å²) in [7, 11) is 0. The minimum atomic E-state index is 0. The molecular weight excluding hydrogens is 525 g/mol. The van der Waals surface area contributed by atoms with E-state index in [1.165, 1.54) is 5.56 Å². The Balaban J connectivity index is 0.00000180. The van der Waals surface area contributed by atoms with Crippen molar-refractivity contribution in [3.8, 4) is 17.4 Å². The van der Waals surface area contributed by atoms with Crippen LogP contribution in [0, 0.1) is 0 Å². The molecule has 7 nitrogen and oxygen atoms in total. The Kier molecular flexibility index (Phi) is 10.0. The number of piperidine rings is 1. The van der Waals surface area contributed by atoms with E-state index in [0.29, 0.717) is 46.5 Å². The molecular formula is C26H30Cl3N3O4. The molecule has 5 rings (SSSR count). The summed E-state index contributed by atoms with van der Waals surface area (Å²) in [6, 6.07) is 13.7. The molecule has 0 bridgehead atoms. The Morgan fingerprint density at radius 3 is 2.56 bits per heavy atom. The Bertz CT molecular complexity index is 1270. The standard InChI is InChI=1S/C26H27Cl2N3O3.ClH.H2O/c1-2-25-29-30-26(34-25)24-16-19-22(5-3-6-23(19)33-24)32-14-4-11-31-12-9-17(10-13-31)18-7-8-20(27)21(28)15-18;;/h3,5-8,15-17H,2,4,9-14H2,1H3;1H;1H2. The van der Waals surface area contributed by atoms with E-state index >= 15 is 0 Å². The molecule has 1 aliphatic rings. The molecule has 2 N–H and O–H groups in total. The normalized spacial score (nSPS) is 14.4. The first-order valence-electron chi connectivity index (χ1n) is 11.8. The van der Waals surface area contributed by atoms with Crippen LogP contribution in [0.4, 0.5) is 0 Å². The number of aryl methyl sites for hydroxylation is 1. The molecule has 0 spiro atoms. The molecule has 0 unspecified atom stereocenters. The topological polar surface area (TPSA) is 96.0 Å². The average molecular weight is 555 g/mol. The van der Waals surface area contributed by atoms with Gasteiger partial charge in [0, 0.05) is 19.0 Å². The van der Waals surface area contributed by atoms with Gasteiger partial charge in [-0.15, -0.1) is 22.6 Å². The zero-order valence-corrected chi connectivity index (χ0v) is 22.3. The summed E-state index contributed by atoms with van der Waals surface area (Å²) in [5.74, 6) is 2.89. The SMILES string of the molecule is CCc1nnc(-c2cc3c(OCCCN4CCC(c5ccc(Cl)c(Cl)c5)CC4)cccc3o2)o1.Cl.O. The van der Waals surface area contributed by atoms with Gasteiger partial charge in [0.2, 0.25) is 5.89 Å². The van der Waals surface area contributed by atoms with Crippen molar-refractivity contribution in [3.05, 3.63) is 64.0 Å². The minimum absolute atomic E-state index is 0. The lowest BCUT2D eigenvalue weighted by Gasteiger charge is -2.32. The van der Waals surface area contributed by atoms with Crippen molar-refractivity contribution in [3.63, 3.8) is 0 Å². The van der Waals surface area contributed by atoms with Crippen LogP contribution < -0.4 is 4.74 Å². The van der Waals surface area contributed by atoms with E-state index < -0.39 is 0 Å². The van der Waals surface area contributed by atoms with Gasteiger partial charge in [0.15, 0.2) is 5.76 Å². The Morgan fingerprint density at radius 2 is 1.83 bits per heavy atom. The smallest absolute Gasteiger partial charge is 0.283 e. The largest absolute Gasteiger partial charge is 0.493 e. The maximum Gasteiger partial charge on any atom is 0.283 e. The lowest BCUT2D eigenvalue weighted by atomic mass is 9.89. The summed E-state index contributed by atoms with van der Waals surface area (Å²) in [5, 5.41) is 10.3. The first-order valence-corrected chi connectivity index (χ1v) is 12.5. The number of halogens is 3. The van der Waals surface area contributed by atoms with Gasteiger partial charge in [-0.3, -0.25) is 0 Å². The second-order valence-electron chi connectivity index (χ2n) is 8.62. The first-order chi connectivity index (χ1) is 16.6. The number of nitrogens with zero attached hydrogens (tertiary/aromatic N) is 3. The molecule has 0 radical (unpaired) electrons. The summed E-state index contributed by atoms with van der Waals surface area (Å²) in [4.78, 5) is 2.51. The van der Waals surface area contributed by atoms with Crippen molar-refractivity contribution in [1.29, 1.82) is 0 Å². The van der Waals surface area contributed by atoms with Crippen molar-refractivity contribution < 1.29 is 19.0 Å². The summed E-state index contributed by atoms with van der Waals surface area (Å²) < 4.78 is 17.7. The fraction of sp³-hybridized carbons (Fsp3) is 0.385. The quantitative estimate of drug-likeness (QED) is 0.228. The zero-order valence-electron chi connectivity index (χ0n) is 20.0.